The van der Waals surface area contributed by atoms with Crippen LogP contribution < -0.4 is 0 Å². The number of hydrogen-bond acceptors (Lipinski definition) is 4. The molecule has 0 fully saturated rings. The Morgan fingerprint density at radius 1 is 0.944 bits per heavy atom. The van der Waals surface area contributed by atoms with Crippen molar-refractivity contribution in [3.8, 4) is 0 Å². The van der Waals surface area contributed by atoms with Gasteiger partial charge < -0.3 is 0 Å². The third kappa shape index (κ3) is 4.26. The SMILES string of the molecule is CS(=O)(=O)c1ccc(S(=O)(=O)CCCCCl)cc1. The van der Waals surface area contributed by atoms with Gasteiger partial charge in [0, 0.05) is 12.1 Å². The zero-order valence-corrected chi connectivity index (χ0v) is 12.4. The van der Waals surface area contributed by atoms with Gasteiger partial charge in [0.05, 0.1) is 15.5 Å². The molecule has 0 heterocycles. The standard InChI is InChI=1S/C11H15ClO4S2/c1-17(13,14)10-4-6-11(7-5-10)18(15,16)9-3-2-8-12/h4-7H,2-3,8-9H2,1H3. The zero-order chi connectivity index (χ0) is 13.8. The molecule has 18 heavy (non-hydrogen) atoms. The Hall–Kier alpha value is -0.590. The van der Waals surface area contributed by atoms with E-state index >= 15 is 0 Å². The third-order valence-electron chi connectivity index (χ3n) is 2.41. The molecule has 0 atom stereocenters. The molecule has 0 aliphatic rings. The first kappa shape index (κ1) is 15.5. The van der Waals surface area contributed by atoms with Crippen LogP contribution in [0.1, 0.15) is 12.8 Å². The van der Waals surface area contributed by atoms with Crippen molar-refractivity contribution in [1.82, 2.24) is 0 Å². The number of alkyl halides is 1. The summed E-state index contributed by atoms with van der Waals surface area (Å²) in [5.41, 5.74) is 0. The van der Waals surface area contributed by atoms with Crippen LogP contribution in [0, 0.1) is 0 Å². The van der Waals surface area contributed by atoms with E-state index in [1.165, 1.54) is 24.3 Å². The molecule has 4 nitrogen and oxygen atoms in total. The monoisotopic (exact) mass is 310 g/mol. The molecule has 1 rings (SSSR count). The fourth-order valence-electron chi connectivity index (χ4n) is 1.40. The van der Waals surface area contributed by atoms with Crippen LogP contribution in [-0.2, 0) is 19.7 Å². The highest BCUT2D eigenvalue weighted by atomic mass is 35.5. The molecule has 0 amide bonds. The molecule has 0 aliphatic carbocycles. The molecule has 0 radical (unpaired) electrons. The minimum atomic E-state index is -3.35. The minimum absolute atomic E-state index is 0.0257. The number of sulfone groups is 2. The van der Waals surface area contributed by atoms with Gasteiger partial charge in [0.2, 0.25) is 0 Å². The van der Waals surface area contributed by atoms with Gasteiger partial charge in [-0.3, -0.25) is 0 Å². The van der Waals surface area contributed by atoms with Crippen molar-refractivity contribution < 1.29 is 16.8 Å². The maximum Gasteiger partial charge on any atom is 0.178 e. The van der Waals surface area contributed by atoms with Crippen molar-refractivity contribution in [2.24, 2.45) is 0 Å². The predicted molar refractivity (Wildman–Crippen MR) is 71.6 cm³/mol. The minimum Gasteiger partial charge on any atom is -0.224 e. The molecule has 0 aliphatic heterocycles. The molecule has 0 spiro atoms. The van der Waals surface area contributed by atoms with Crippen molar-refractivity contribution >= 4 is 31.3 Å². The van der Waals surface area contributed by atoms with E-state index in [1.807, 2.05) is 0 Å². The Morgan fingerprint density at radius 3 is 1.89 bits per heavy atom. The van der Waals surface area contributed by atoms with E-state index in [0.29, 0.717) is 18.7 Å². The van der Waals surface area contributed by atoms with Crippen molar-refractivity contribution in [1.29, 1.82) is 0 Å². The summed E-state index contributed by atoms with van der Waals surface area (Å²) in [5.74, 6) is 0.459. The highest BCUT2D eigenvalue weighted by Gasteiger charge is 2.15. The summed E-state index contributed by atoms with van der Waals surface area (Å²) in [6.07, 6.45) is 2.22. The van der Waals surface area contributed by atoms with Crippen molar-refractivity contribution in [3.63, 3.8) is 0 Å². The lowest BCUT2D eigenvalue weighted by Gasteiger charge is -2.04. The van der Waals surface area contributed by atoms with Crippen molar-refractivity contribution in [2.45, 2.75) is 22.6 Å². The predicted octanol–water partition coefficient (Wildman–Crippen LogP) is 1.88. The van der Waals surface area contributed by atoms with Crippen LogP contribution in [0.15, 0.2) is 34.1 Å². The summed E-state index contributed by atoms with van der Waals surface area (Å²) in [7, 11) is -6.65. The zero-order valence-electron chi connectivity index (χ0n) is 9.97. The van der Waals surface area contributed by atoms with E-state index in [4.69, 9.17) is 11.6 Å². The fraction of sp³-hybridized carbons (Fsp3) is 0.455. The van der Waals surface area contributed by atoms with Crippen LogP contribution in [-0.4, -0.2) is 34.7 Å². The van der Waals surface area contributed by atoms with Crippen LogP contribution >= 0.6 is 11.6 Å². The lowest BCUT2D eigenvalue weighted by Crippen LogP contribution is -2.07. The fourth-order valence-corrected chi connectivity index (χ4v) is 3.59. The van der Waals surface area contributed by atoms with Crippen LogP contribution in [0.5, 0.6) is 0 Å². The Morgan fingerprint density at radius 2 is 1.44 bits per heavy atom. The van der Waals surface area contributed by atoms with Gasteiger partial charge in [-0.2, -0.15) is 0 Å². The van der Waals surface area contributed by atoms with Crippen LogP contribution in [0.4, 0.5) is 0 Å². The summed E-state index contributed by atoms with van der Waals surface area (Å²) >= 11 is 5.49. The van der Waals surface area contributed by atoms with Crippen LogP contribution in [0.2, 0.25) is 0 Å². The Bertz CT molecular complexity index is 588. The lowest BCUT2D eigenvalue weighted by atomic mass is 10.4. The van der Waals surface area contributed by atoms with Crippen molar-refractivity contribution in [2.75, 3.05) is 17.9 Å². The highest BCUT2D eigenvalue weighted by molar-refractivity contribution is 7.91. The van der Waals surface area contributed by atoms with Gasteiger partial charge in [0.15, 0.2) is 19.7 Å². The van der Waals surface area contributed by atoms with Gasteiger partial charge in [-0.25, -0.2) is 16.8 Å². The molecular formula is C11H15ClO4S2. The van der Waals surface area contributed by atoms with Gasteiger partial charge in [0.1, 0.15) is 0 Å². The largest absolute Gasteiger partial charge is 0.224 e. The summed E-state index contributed by atoms with van der Waals surface area (Å²) in [6, 6.07) is 5.27. The van der Waals surface area contributed by atoms with E-state index in [-0.39, 0.29) is 15.5 Å². The van der Waals surface area contributed by atoms with Gasteiger partial charge in [-0.05, 0) is 37.1 Å². The second kappa shape index (κ2) is 6.04. The summed E-state index contributed by atoms with van der Waals surface area (Å²) < 4.78 is 46.2. The highest BCUT2D eigenvalue weighted by Crippen LogP contribution is 2.16. The molecule has 0 aromatic heterocycles. The van der Waals surface area contributed by atoms with E-state index < -0.39 is 19.7 Å². The molecule has 0 unspecified atom stereocenters. The lowest BCUT2D eigenvalue weighted by molar-refractivity contribution is 0.591. The number of rotatable bonds is 6. The quantitative estimate of drug-likeness (QED) is 0.594. The number of unbranched alkanes of at least 4 members (excludes halogenated alkanes) is 1. The second-order valence-corrected chi connectivity index (χ2v) is 8.46. The van der Waals surface area contributed by atoms with E-state index in [1.54, 1.807) is 0 Å². The number of hydrogen-bond donors (Lipinski definition) is 0. The van der Waals surface area contributed by atoms with E-state index in [9.17, 15) is 16.8 Å². The second-order valence-electron chi connectivity index (χ2n) is 3.96. The number of benzene rings is 1. The van der Waals surface area contributed by atoms with Gasteiger partial charge in [0.25, 0.3) is 0 Å². The molecular weight excluding hydrogens is 296 g/mol. The van der Waals surface area contributed by atoms with E-state index in [0.717, 1.165) is 6.26 Å². The topological polar surface area (TPSA) is 68.3 Å². The first-order valence-electron chi connectivity index (χ1n) is 5.36. The van der Waals surface area contributed by atoms with Crippen molar-refractivity contribution in [3.05, 3.63) is 24.3 Å². The Labute approximate surface area is 113 Å². The summed E-state index contributed by atoms with van der Waals surface area (Å²) in [4.78, 5) is 0.256. The summed E-state index contributed by atoms with van der Waals surface area (Å²) in [5, 5.41) is 0. The molecule has 102 valence electrons. The molecule has 1 aromatic rings. The van der Waals surface area contributed by atoms with Gasteiger partial charge in [-0.15, -0.1) is 11.6 Å². The maximum atomic E-state index is 11.9. The first-order valence-corrected chi connectivity index (χ1v) is 9.44. The molecule has 0 saturated heterocycles. The smallest absolute Gasteiger partial charge is 0.178 e. The van der Waals surface area contributed by atoms with E-state index in [2.05, 4.69) is 0 Å². The molecule has 0 N–H and O–H groups in total. The Balaban J connectivity index is 2.91. The van der Waals surface area contributed by atoms with Crippen LogP contribution in [0.25, 0.3) is 0 Å². The molecule has 1 aromatic carbocycles. The molecule has 0 saturated carbocycles. The van der Waals surface area contributed by atoms with Gasteiger partial charge in [-0.1, -0.05) is 0 Å². The Kier molecular flexibility index (Phi) is 5.19. The normalized spacial score (nSPS) is 12.6. The first-order chi connectivity index (χ1) is 8.27. The summed E-state index contributed by atoms with van der Waals surface area (Å²) in [6.45, 7) is 0. The van der Waals surface area contributed by atoms with Gasteiger partial charge >= 0.3 is 0 Å². The third-order valence-corrected chi connectivity index (χ3v) is 5.62. The number of halogens is 1. The molecule has 7 heteroatoms. The maximum absolute atomic E-state index is 11.9. The average molecular weight is 311 g/mol. The average Bonchev–Trinajstić information content (AvgIpc) is 2.28. The van der Waals surface area contributed by atoms with Crippen LogP contribution in [0.3, 0.4) is 0 Å². The molecule has 0 bridgehead atoms.